The summed E-state index contributed by atoms with van der Waals surface area (Å²) in [6, 6.07) is 18.5. The van der Waals surface area contributed by atoms with Crippen LogP contribution in [0.5, 0.6) is 5.75 Å². The number of hydrogen-bond donors (Lipinski definition) is 1. The third-order valence-electron chi connectivity index (χ3n) is 2.83. The van der Waals surface area contributed by atoms with E-state index >= 15 is 0 Å². The first-order valence-corrected chi connectivity index (χ1v) is 6.39. The van der Waals surface area contributed by atoms with Gasteiger partial charge < -0.3 is 10.1 Å². The van der Waals surface area contributed by atoms with E-state index in [9.17, 15) is 0 Å². The summed E-state index contributed by atoms with van der Waals surface area (Å²) in [5.41, 5.74) is 3.45. The third kappa shape index (κ3) is 3.97. The van der Waals surface area contributed by atoms with Crippen molar-refractivity contribution in [2.24, 2.45) is 0 Å². The first-order chi connectivity index (χ1) is 9.29. The highest BCUT2D eigenvalue weighted by Crippen LogP contribution is 2.22. The second-order valence-electron chi connectivity index (χ2n) is 4.46. The molecule has 2 aromatic rings. The zero-order valence-corrected chi connectivity index (χ0v) is 11.2. The van der Waals surface area contributed by atoms with E-state index in [-0.39, 0.29) is 0 Å². The van der Waals surface area contributed by atoms with Crippen molar-refractivity contribution in [3.8, 4) is 16.9 Å². The molecule has 0 fully saturated rings. The zero-order chi connectivity index (χ0) is 13.5. The third-order valence-corrected chi connectivity index (χ3v) is 2.83. The fourth-order valence-corrected chi connectivity index (χ4v) is 1.86. The van der Waals surface area contributed by atoms with E-state index in [4.69, 9.17) is 4.74 Å². The minimum absolute atomic E-state index is 0.547. The molecule has 0 saturated carbocycles. The molecule has 0 heterocycles. The average molecular weight is 253 g/mol. The van der Waals surface area contributed by atoms with Gasteiger partial charge in [0.2, 0.25) is 0 Å². The molecule has 0 saturated heterocycles. The Morgan fingerprint density at radius 1 is 1.00 bits per heavy atom. The van der Waals surface area contributed by atoms with Gasteiger partial charge in [-0.25, -0.2) is 0 Å². The smallest absolute Gasteiger partial charge is 0.119 e. The molecule has 2 rings (SSSR count). The standard InChI is InChI=1S/C17H19NO/c1-14(12-18-2)13-19-17-10-8-16(9-11-17)15-6-4-3-5-7-15/h3-11,18H,1,12-13H2,2H3. The van der Waals surface area contributed by atoms with E-state index in [1.165, 1.54) is 11.1 Å². The second-order valence-corrected chi connectivity index (χ2v) is 4.46. The van der Waals surface area contributed by atoms with E-state index in [0.717, 1.165) is 17.9 Å². The Kier molecular flexibility index (Phi) is 4.76. The molecule has 0 unspecified atom stereocenters. The normalized spacial score (nSPS) is 10.2. The highest BCUT2D eigenvalue weighted by Gasteiger charge is 1.99. The van der Waals surface area contributed by atoms with Crippen LogP contribution < -0.4 is 10.1 Å². The molecule has 98 valence electrons. The van der Waals surface area contributed by atoms with E-state index in [2.05, 4.69) is 36.2 Å². The van der Waals surface area contributed by atoms with E-state index < -0.39 is 0 Å². The van der Waals surface area contributed by atoms with Crippen LogP contribution in [0.15, 0.2) is 66.7 Å². The minimum Gasteiger partial charge on any atom is -0.489 e. The number of rotatable bonds is 6. The van der Waals surface area contributed by atoms with Crippen LogP contribution in [0.2, 0.25) is 0 Å². The van der Waals surface area contributed by atoms with Gasteiger partial charge in [-0.15, -0.1) is 0 Å². The topological polar surface area (TPSA) is 21.3 Å². The number of hydrogen-bond acceptors (Lipinski definition) is 2. The maximum absolute atomic E-state index is 5.67. The molecule has 0 aliphatic heterocycles. The van der Waals surface area contributed by atoms with Crippen LogP contribution in [0.3, 0.4) is 0 Å². The molecule has 0 amide bonds. The van der Waals surface area contributed by atoms with Crippen LogP contribution in [0, 0.1) is 0 Å². The predicted molar refractivity (Wildman–Crippen MR) is 80.4 cm³/mol. The molecule has 0 atom stereocenters. The minimum atomic E-state index is 0.547. The van der Waals surface area contributed by atoms with Gasteiger partial charge in [-0.2, -0.15) is 0 Å². The molecule has 0 radical (unpaired) electrons. The fraction of sp³-hybridized carbons (Fsp3) is 0.176. The molecule has 0 aliphatic rings. The van der Waals surface area contributed by atoms with Gasteiger partial charge in [0.15, 0.2) is 0 Å². The number of ether oxygens (including phenoxy) is 1. The van der Waals surface area contributed by atoms with Crippen molar-refractivity contribution in [3.63, 3.8) is 0 Å². The van der Waals surface area contributed by atoms with Crippen LogP contribution in [-0.2, 0) is 0 Å². The van der Waals surface area contributed by atoms with Crippen LogP contribution in [0.1, 0.15) is 0 Å². The van der Waals surface area contributed by atoms with Gasteiger partial charge >= 0.3 is 0 Å². The summed E-state index contributed by atoms with van der Waals surface area (Å²) in [6.45, 7) is 5.26. The number of likely N-dealkylation sites (N-methyl/N-ethyl adjacent to an activating group) is 1. The molecule has 19 heavy (non-hydrogen) atoms. The van der Waals surface area contributed by atoms with Gasteiger partial charge in [0.1, 0.15) is 12.4 Å². The van der Waals surface area contributed by atoms with Crippen LogP contribution >= 0.6 is 0 Å². The maximum atomic E-state index is 5.67. The van der Waals surface area contributed by atoms with Crippen molar-refractivity contribution in [1.29, 1.82) is 0 Å². The Morgan fingerprint density at radius 3 is 2.26 bits per heavy atom. The SMILES string of the molecule is C=C(CNC)COc1ccc(-c2ccccc2)cc1. The Hall–Kier alpha value is -2.06. The first kappa shape index (κ1) is 13.4. The monoisotopic (exact) mass is 253 g/mol. The lowest BCUT2D eigenvalue weighted by Crippen LogP contribution is -2.14. The summed E-state index contributed by atoms with van der Waals surface area (Å²) in [5.74, 6) is 0.872. The Bertz CT molecular complexity index is 517. The van der Waals surface area contributed by atoms with Gasteiger partial charge in [0, 0.05) is 6.54 Å². The quantitative estimate of drug-likeness (QED) is 0.795. The Morgan fingerprint density at radius 2 is 1.63 bits per heavy atom. The molecule has 0 aromatic heterocycles. The van der Waals surface area contributed by atoms with Gasteiger partial charge in [-0.05, 0) is 35.9 Å². The number of nitrogens with one attached hydrogen (secondary N) is 1. The van der Waals surface area contributed by atoms with Crippen molar-refractivity contribution in [3.05, 3.63) is 66.7 Å². The molecular formula is C17H19NO. The number of benzene rings is 2. The lowest BCUT2D eigenvalue weighted by Gasteiger charge is -2.09. The Balaban J connectivity index is 1.97. The summed E-state index contributed by atoms with van der Waals surface area (Å²) in [6.07, 6.45) is 0. The first-order valence-electron chi connectivity index (χ1n) is 6.39. The molecule has 2 aromatic carbocycles. The summed E-state index contributed by atoms with van der Waals surface area (Å²) in [4.78, 5) is 0. The molecule has 2 nitrogen and oxygen atoms in total. The van der Waals surface area contributed by atoms with Crippen LogP contribution in [0.25, 0.3) is 11.1 Å². The molecule has 0 aliphatic carbocycles. The largest absolute Gasteiger partial charge is 0.489 e. The highest BCUT2D eigenvalue weighted by atomic mass is 16.5. The van der Waals surface area contributed by atoms with Gasteiger partial charge in [-0.1, -0.05) is 49.0 Å². The van der Waals surface area contributed by atoms with Crippen molar-refractivity contribution in [1.82, 2.24) is 5.32 Å². The molecular weight excluding hydrogens is 234 g/mol. The molecule has 0 spiro atoms. The van der Waals surface area contributed by atoms with E-state index in [1.807, 2.05) is 37.4 Å². The summed E-state index contributed by atoms with van der Waals surface area (Å²) < 4.78 is 5.67. The molecule has 0 bridgehead atoms. The van der Waals surface area contributed by atoms with E-state index in [0.29, 0.717) is 6.61 Å². The maximum Gasteiger partial charge on any atom is 0.119 e. The summed E-state index contributed by atoms with van der Waals surface area (Å²) in [7, 11) is 1.90. The summed E-state index contributed by atoms with van der Waals surface area (Å²) in [5, 5.41) is 3.05. The fourth-order valence-electron chi connectivity index (χ4n) is 1.86. The lowest BCUT2D eigenvalue weighted by atomic mass is 10.1. The van der Waals surface area contributed by atoms with Gasteiger partial charge in [0.25, 0.3) is 0 Å². The molecule has 2 heteroatoms. The predicted octanol–water partition coefficient (Wildman–Crippen LogP) is 3.51. The van der Waals surface area contributed by atoms with Crippen LogP contribution in [0.4, 0.5) is 0 Å². The molecule has 1 N–H and O–H groups in total. The second kappa shape index (κ2) is 6.76. The van der Waals surface area contributed by atoms with Crippen molar-refractivity contribution < 1.29 is 4.74 Å². The Labute approximate surface area is 114 Å². The van der Waals surface area contributed by atoms with Gasteiger partial charge in [-0.3, -0.25) is 0 Å². The van der Waals surface area contributed by atoms with Crippen molar-refractivity contribution in [2.45, 2.75) is 0 Å². The average Bonchev–Trinajstić information content (AvgIpc) is 2.47. The lowest BCUT2D eigenvalue weighted by molar-refractivity contribution is 0.349. The zero-order valence-electron chi connectivity index (χ0n) is 11.2. The van der Waals surface area contributed by atoms with Crippen molar-refractivity contribution in [2.75, 3.05) is 20.2 Å². The van der Waals surface area contributed by atoms with E-state index in [1.54, 1.807) is 0 Å². The summed E-state index contributed by atoms with van der Waals surface area (Å²) >= 11 is 0. The van der Waals surface area contributed by atoms with Gasteiger partial charge in [0.05, 0.1) is 0 Å². The highest BCUT2D eigenvalue weighted by molar-refractivity contribution is 5.63. The van der Waals surface area contributed by atoms with Crippen LogP contribution in [-0.4, -0.2) is 20.2 Å². The van der Waals surface area contributed by atoms with Crippen molar-refractivity contribution >= 4 is 0 Å².